The summed E-state index contributed by atoms with van der Waals surface area (Å²) in [5.41, 5.74) is 2.14. The van der Waals surface area contributed by atoms with Gasteiger partial charge < -0.3 is 19.5 Å². The fraction of sp³-hybridized carbons (Fsp3) is 0.304. The van der Waals surface area contributed by atoms with Crippen LogP contribution in [0.3, 0.4) is 0 Å². The van der Waals surface area contributed by atoms with Crippen LogP contribution in [0, 0.1) is 0 Å². The second-order valence-electron chi connectivity index (χ2n) is 7.00. The number of aryl methyl sites for hydroxylation is 1. The van der Waals surface area contributed by atoms with Crippen LogP contribution in [0.5, 0.6) is 5.75 Å². The maximum Gasteiger partial charge on any atom is 0.349 e. The molecular weight excluding hydrogens is 439 g/mol. The van der Waals surface area contributed by atoms with E-state index < -0.39 is 12.1 Å². The zero-order valence-electron chi connectivity index (χ0n) is 17.2. The van der Waals surface area contributed by atoms with E-state index in [2.05, 4.69) is 11.9 Å². The summed E-state index contributed by atoms with van der Waals surface area (Å²) >= 11 is 6.20. The van der Waals surface area contributed by atoms with E-state index in [0.29, 0.717) is 28.7 Å². The van der Waals surface area contributed by atoms with Gasteiger partial charge in [-0.2, -0.15) is 0 Å². The smallest absolute Gasteiger partial charge is 0.349 e. The maximum absolute atomic E-state index is 11.6. The molecule has 31 heavy (non-hydrogen) atoms. The zero-order valence-corrected chi connectivity index (χ0v) is 18.8. The van der Waals surface area contributed by atoms with Gasteiger partial charge in [0.1, 0.15) is 11.6 Å². The number of benzene rings is 2. The number of aliphatic carboxylic acids is 1. The number of aliphatic hydroxyl groups excluding tert-OH is 1. The average Bonchev–Trinajstić information content (AvgIpc) is 3.05. The number of aromatic nitrogens is 2. The minimum Gasteiger partial charge on any atom is -0.478 e. The molecular formula is C23H26Cl2N2O4. The Bertz CT molecular complexity index is 975. The first kappa shape index (κ1) is 24.7. The summed E-state index contributed by atoms with van der Waals surface area (Å²) < 4.78 is 7.66. The Labute approximate surface area is 192 Å². The number of carboxylic acid groups (broad SMARTS) is 1. The molecule has 1 aromatic heterocycles. The van der Waals surface area contributed by atoms with Crippen molar-refractivity contribution in [3.05, 3.63) is 82.4 Å². The highest BCUT2D eigenvalue weighted by molar-refractivity contribution is 6.30. The molecule has 0 fully saturated rings. The standard InChI is InChI=1S/C23H25ClN2O4.ClH/c1-2-3-9-20-25-22(24)19(15-27)26(20)14-16-10-12-18(13-11-16)30-21(23(28)29)17-7-5-4-6-8-17;/h4-8,10-13,21,27H,2-3,9,14-15H2,1H3,(H,28,29);1H. The predicted octanol–water partition coefficient (Wildman–Crippen LogP) is 5.05. The first-order valence-corrected chi connectivity index (χ1v) is 10.3. The van der Waals surface area contributed by atoms with E-state index in [1.807, 2.05) is 22.8 Å². The second kappa shape index (κ2) is 11.7. The molecule has 3 aromatic rings. The second-order valence-corrected chi connectivity index (χ2v) is 7.36. The number of nitrogens with zero attached hydrogens (tertiary/aromatic N) is 2. The monoisotopic (exact) mass is 464 g/mol. The van der Waals surface area contributed by atoms with Crippen LogP contribution in [0.25, 0.3) is 0 Å². The molecule has 0 bridgehead atoms. The number of ether oxygens (including phenoxy) is 1. The molecule has 166 valence electrons. The van der Waals surface area contributed by atoms with Crippen LogP contribution < -0.4 is 4.74 Å². The minimum atomic E-state index is -1.08. The third-order valence-electron chi connectivity index (χ3n) is 4.85. The Kier molecular flexibility index (Phi) is 9.37. The van der Waals surface area contributed by atoms with Gasteiger partial charge in [-0.15, -0.1) is 12.4 Å². The SMILES string of the molecule is CCCCc1nc(Cl)c(CO)n1Cc1ccc(OC(C(=O)O)c2ccccc2)cc1.Cl. The molecule has 2 aromatic carbocycles. The van der Waals surface area contributed by atoms with Crippen molar-refractivity contribution in [3.63, 3.8) is 0 Å². The third-order valence-corrected chi connectivity index (χ3v) is 5.15. The molecule has 0 aliphatic heterocycles. The lowest BCUT2D eigenvalue weighted by Crippen LogP contribution is -2.18. The number of hydrogen-bond acceptors (Lipinski definition) is 4. The van der Waals surface area contributed by atoms with Crippen molar-refractivity contribution in [3.8, 4) is 5.75 Å². The fourth-order valence-corrected chi connectivity index (χ4v) is 3.51. The number of carbonyl (C=O) groups is 1. The Balaban J connectivity index is 0.00000341. The largest absolute Gasteiger partial charge is 0.478 e. The van der Waals surface area contributed by atoms with E-state index in [9.17, 15) is 15.0 Å². The number of imidazole rings is 1. The molecule has 0 spiro atoms. The topological polar surface area (TPSA) is 84.6 Å². The molecule has 0 saturated heterocycles. The fourth-order valence-electron chi connectivity index (χ4n) is 3.25. The van der Waals surface area contributed by atoms with E-state index in [1.165, 1.54) is 0 Å². The number of halogens is 2. The minimum absolute atomic E-state index is 0. The predicted molar refractivity (Wildman–Crippen MR) is 122 cm³/mol. The average molecular weight is 465 g/mol. The normalized spacial score (nSPS) is 11.6. The first-order valence-electron chi connectivity index (χ1n) is 9.91. The number of hydrogen-bond donors (Lipinski definition) is 2. The summed E-state index contributed by atoms with van der Waals surface area (Å²) in [6.45, 7) is 2.44. The summed E-state index contributed by atoms with van der Waals surface area (Å²) in [6.07, 6.45) is 1.73. The molecule has 8 heteroatoms. The first-order chi connectivity index (χ1) is 14.5. The molecule has 6 nitrogen and oxygen atoms in total. The van der Waals surface area contributed by atoms with Gasteiger partial charge in [-0.1, -0.05) is 67.4 Å². The van der Waals surface area contributed by atoms with E-state index in [-0.39, 0.29) is 19.0 Å². The van der Waals surface area contributed by atoms with E-state index in [1.54, 1.807) is 36.4 Å². The van der Waals surface area contributed by atoms with Gasteiger partial charge in [-0.25, -0.2) is 9.78 Å². The van der Waals surface area contributed by atoms with Gasteiger partial charge in [0.25, 0.3) is 0 Å². The summed E-state index contributed by atoms with van der Waals surface area (Å²) in [6, 6.07) is 16.1. The van der Waals surface area contributed by atoms with Crippen LogP contribution in [-0.4, -0.2) is 25.7 Å². The van der Waals surface area contributed by atoms with Crippen molar-refractivity contribution in [2.75, 3.05) is 0 Å². The summed E-state index contributed by atoms with van der Waals surface area (Å²) in [4.78, 5) is 16.0. The molecule has 0 saturated carbocycles. The summed E-state index contributed by atoms with van der Waals surface area (Å²) in [7, 11) is 0. The van der Waals surface area contributed by atoms with Crippen molar-refractivity contribution < 1.29 is 19.7 Å². The van der Waals surface area contributed by atoms with E-state index in [0.717, 1.165) is 30.7 Å². The molecule has 1 heterocycles. The molecule has 0 aliphatic rings. The third kappa shape index (κ3) is 6.23. The maximum atomic E-state index is 11.6. The van der Waals surface area contributed by atoms with Crippen LogP contribution in [-0.2, 0) is 24.4 Å². The molecule has 0 amide bonds. The lowest BCUT2D eigenvalue weighted by atomic mass is 10.1. The lowest BCUT2D eigenvalue weighted by molar-refractivity contribution is -0.145. The van der Waals surface area contributed by atoms with Crippen molar-refractivity contribution >= 4 is 30.0 Å². The summed E-state index contributed by atoms with van der Waals surface area (Å²) in [5, 5.41) is 19.6. The number of unbranched alkanes of at least 4 members (excludes halogenated alkanes) is 1. The zero-order chi connectivity index (χ0) is 21.5. The quantitative estimate of drug-likeness (QED) is 0.438. The van der Waals surface area contributed by atoms with Crippen molar-refractivity contribution in [1.82, 2.24) is 9.55 Å². The highest BCUT2D eigenvalue weighted by atomic mass is 35.5. The highest BCUT2D eigenvalue weighted by Crippen LogP contribution is 2.25. The van der Waals surface area contributed by atoms with Gasteiger partial charge in [0.15, 0.2) is 5.15 Å². The van der Waals surface area contributed by atoms with Crippen LogP contribution in [0.1, 0.15) is 48.5 Å². The Morgan fingerprint density at radius 1 is 1.16 bits per heavy atom. The lowest BCUT2D eigenvalue weighted by Gasteiger charge is -2.16. The molecule has 0 aliphatic carbocycles. The van der Waals surface area contributed by atoms with Crippen LogP contribution >= 0.6 is 24.0 Å². The van der Waals surface area contributed by atoms with Gasteiger partial charge in [0.2, 0.25) is 6.10 Å². The van der Waals surface area contributed by atoms with E-state index in [4.69, 9.17) is 16.3 Å². The molecule has 1 atom stereocenters. The number of aliphatic hydroxyl groups is 1. The Morgan fingerprint density at radius 2 is 1.84 bits per heavy atom. The molecule has 3 rings (SSSR count). The number of carboxylic acids is 1. The number of rotatable bonds is 10. The Hall–Kier alpha value is -2.54. The van der Waals surface area contributed by atoms with Gasteiger partial charge in [-0.05, 0) is 24.1 Å². The van der Waals surface area contributed by atoms with Crippen LogP contribution in [0.4, 0.5) is 0 Å². The van der Waals surface area contributed by atoms with Crippen LogP contribution in [0.15, 0.2) is 54.6 Å². The van der Waals surface area contributed by atoms with E-state index >= 15 is 0 Å². The van der Waals surface area contributed by atoms with Gasteiger partial charge in [-0.3, -0.25) is 0 Å². The van der Waals surface area contributed by atoms with Crippen molar-refractivity contribution in [1.29, 1.82) is 0 Å². The van der Waals surface area contributed by atoms with Gasteiger partial charge in [0.05, 0.1) is 12.3 Å². The van der Waals surface area contributed by atoms with Crippen molar-refractivity contribution in [2.45, 2.75) is 45.4 Å². The Morgan fingerprint density at radius 3 is 2.42 bits per heavy atom. The molecule has 2 N–H and O–H groups in total. The molecule has 1 unspecified atom stereocenters. The van der Waals surface area contributed by atoms with Gasteiger partial charge in [0, 0.05) is 18.5 Å². The van der Waals surface area contributed by atoms with Crippen molar-refractivity contribution in [2.24, 2.45) is 0 Å². The molecule has 0 radical (unpaired) electrons. The van der Waals surface area contributed by atoms with Gasteiger partial charge >= 0.3 is 5.97 Å². The summed E-state index contributed by atoms with van der Waals surface area (Å²) in [5.74, 6) is 0.264. The highest BCUT2D eigenvalue weighted by Gasteiger charge is 2.21. The van der Waals surface area contributed by atoms with Crippen LogP contribution in [0.2, 0.25) is 5.15 Å².